The number of fused-ring (bicyclic) bond motifs is 1. The number of anilines is 1. The van der Waals surface area contributed by atoms with E-state index in [2.05, 4.69) is 31.4 Å². The fourth-order valence-electron chi connectivity index (χ4n) is 2.49. The van der Waals surface area contributed by atoms with Gasteiger partial charge in [0.15, 0.2) is 0 Å². The van der Waals surface area contributed by atoms with Gasteiger partial charge in [0.1, 0.15) is 6.54 Å². The zero-order valence-electron chi connectivity index (χ0n) is 12.9. The molecule has 0 saturated heterocycles. The molecule has 0 saturated carbocycles. The van der Waals surface area contributed by atoms with E-state index < -0.39 is 24.3 Å². The summed E-state index contributed by atoms with van der Waals surface area (Å²) in [4.78, 5) is 38.3. The molecule has 3 amide bonds. The fraction of sp³-hybridized carbons (Fsp3) is 0.0625. The molecule has 0 fully saturated rings. The lowest BCUT2D eigenvalue weighted by Gasteiger charge is -2.12. The van der Waals surface area contributed by atoms with E-state index >= 15 is 0 Å². The summed E-state index contributed by atoms with van der Waals surface area (Å²) in [6, 6.07) is 9.96. The summed E-state index contributed by atoms with van der Waals surface area (Å²) in [6.07, 6.45) is 0. The highest BCUT2D eigenvalue weighted by atomic mass is 79.9. The number of nitrogens with zero attached hydrogens (tertiary/aromatic N) is 3. The summed E-state index contributed by atoms with van der Waals surface area (Å²) in [5, 5.41) is 10.0. The molecule has 10 heteroatoms. The molecule has 0 bridgehead atoms. The first kappa shape index (κ1) is 16.6. The highest BCUT2D eigenvalue weighted by molar-refractivity contribution is 9.11. The minimum absolute atomic E-state index is 0.105. The van der Waals surface area contributed by atoms with Crippen molar-refractivity contribution in [2.24, 2.45) is 0 Å². The third-order valence-electron chi connectivity index (χ3n) is 3.64. The summed E-state index contributed by atoms with van der Waals surface area (Å²) in [6.45, 7) is -0.436. The van der Waals surface area contributed by atoms with Gasteiger partial charge in [-0.2, -0.15) is 0 Å². The van der Waals surface area contributed by atoms with Crippen molar-refractivity contribution >= 4 is 51.0 Å². The van der Waals surface area contributed by atoms with Crippen molar-refractivity contribution in [2.45, 2.75) is 0 Å². The van der Waals surface area contributed by atoms with Crippen LogP contribution in [0.25, 0.3) is 10.8 Å². The lowest BCUT2D eigenvalue weighted by molar-refractivity contribution is -0.116. The maximum absolute atomic E-state index is 12.3. The number of benzene rings is 1. The van der Waals surface area contributed by atoms with Gasteiger partial charge in [0.2, 0.25) is 5.91 Å². The smallest absolute Gasteiger partial charge is 0.322 e. The molecule has 1 aliphatic rings. The Balaban J connectivity index is 1.45. The number of carbonyl (C=O) groups is 3. The van der Waals surface area contributed by atoms with Gasteiger partial charge in [0, 0.05) is 0 Å². The molecule has 130 valence electrons. The first-order valence-electron chi connectivity index (χ1n) is 7.37. The van der Waals surface area contributed by atoms with Gasteiger partial charge in [-0.05, 0) is 40.2 Å². The summed E-state index contributed by atoms with van der Waals surface area (Å²) in [5.41, 5.74) is 0.572. The number of halogens is 1. The molecule has 0 unspecified atom stereocenters. The van der Waals surface area contributed by atoms with Crippen molar-refractivity contribution in [3.63, 3.8) is 0 Å². The van der Waals surface area contributed by atoms with E-state index in [-0.39, 0.29) is 23.0 Å². The van der Waals surface area contributed by atoms with E-state index in [0.29, 0.717) is 0 Å². The zero-order chi connectivity index (χ0) is 18.3. The Hall–Kier alpha value is -2.85. The van der Waals surface area contributed by atoms with Gasteiger partial charge in [-0.15, -0.1) is 16.4 Å². The van der Waals surface area contributed by atoms with E-state index in [1.807, 2.05) is 6.07 Å². The average Bonchev–Trinajstić information content (AvgIpc) is 3.32. The third-order valence-corrected chi connectivity index (χ3v) is 5.25. The second-order valence-corrected chi connectivity index (χ2v) is 7.77. The largest absolute Gasteiger partial charge is 0.402 e. The Morgan fingerprint density at radius 3 is 2.42 bits per heavy atom. The molecule has 3 heterocycles. The number of hydrogen-bond donors (Lipinski definition) is 1. The number of hydrogen-bond acceptors (Lipinski definition) is 7. The van der Waals surface area contributed by atoms with Crippen LogP contribution in [0, 0.1) is 0 Å². The van der Waals surface area contributed by atoms with Gasteiger partial charge >= 0.3 is 6.01 Å². The van der Waals surface area contributed by atoms with Gasteiger partial charge in [0.05, 0.1) is 19.8 Å². The third kappa shape index (κ3) is 2.93. The van der Waals surface area contributed by atoms with Crippen molar-refractivity contribution in [2.75, 3.05) is 11.9 Å². The van der Waals surface area contributed by atoms with Crippen molar-refractivity contribution in [1.29, 1.82) is 0 Å². The van der Waals surface area contributed by atoms with Crippen LogP contribution in [0.4, 0.5) is 6.01 Å². The zero-order valence-corrected chi connectivity index (χ0v) is 15.3. The normalized spacial score (nSPS) is 13.2. The van der Waals surface area contributed by atoms with Crippen LogP contribution in [0.2, 0.25) is 0 Å². The summed E-state index contributed by atoms with van der Waals surface area (Å²) >= 11 is 4.74. The number of amides is 3. The molecule has 0 radical (unpaired) electrons. The van der Waals surface area contributed by atoms with E-state index in [9.17, 15) is 14.4 Å². The van der Waals surface area contributed by atoms with Crippen LogP contribution in [0.3, 0.4) is 0 Å². The molecule has 0 atom stereocenters. The van der Waals surface area contributed by atoms with Crippen molar-refractivity contribution < 1.29 is 18.8 Å². The molecule has 3 aromatic rings. The Kier molecular flexibility index (Phi) is 4.13. The molecule has 1 aliphatic heterocycles. The SMILES string of the molecule is O=C(CN1C(=O)c2ccccc2C1=O)Nc1nnc(-c2ccc(Br)s2)o1. The quantitative estimate of drug-likeness (QED) is 0.635. The monoisotopic (exact) mass is 432 g/mol. The second-order valence-electron chi connectivity index (χ2n) is 5.31. The number of rotatable bonds is 4. The Morgan fingerprint density at radius 2 is 1.81 bits per heavy atom. The molecular formula is C16H9BrN4O4S. The van der Waals surface area contributed by atoms with Crippen LogP contribution < -0.4 is 5.32 Å². The van der Waals surface area contributed by atoms with Gasteiger partial charge < -0.3 is 4.42 Å². The molecule has 1 aromatic carbocycles. The number of imide groups is 1. The van der Waals surface area contributed by atoms with Crippen LogP contribution in [0.5, 0.6) is 0 Å². The predicted octanol–water partition coefficient (Wildman–Crippen LogP) is 2.80. The lowest BCUT2D eigenvalue weighted by atomic mass is 10.1. The summed E-state index contributed by atoms with van der Waals surface area (Å²) in [5.74, 6) is -1.36. The molecule has 26 heavy (non-hydrogen) atoms. The second kappa shape index (κ2) is 6.46. The number of nitrogens with one attached hydrogen (secondary N) is 1. The molecule has 2 aromatic heterocycles. The van der Waals surface area contributed by atoms with Crippen LogP contribution in [0.15, 0.2) is 44.6 Å². The van der Waals surface area contributed by atoms with E-state index in [1.54, 1.807) is 30.3 Å². The summed E-state index contributed by atoms with van der Waals surface area (Å²) in [7, 11) is 0. The van der Waals surface area contributed by atoms with Crippen LogP contribution in [-0.4, -0.2) is 39.4 Å². The minimum Gasteiger partial charge on any atom is -0.402 e. The number of thiophene rings is 1. The molecule has 4 rings (SSSR count). The van der Waals surface area contributed by atoms with Gasteiger partial charge in [0.25, 0.3) is 17.7 Å². The van der Waals surface area contributed by atoms with Crippen LogP contribution in [-0.2, 0) is 4.79 Å². The highest BCUT2D eigenvalue weighted by Crippen LogP contribution is 2.31. The predicted molar refractivity (Wildman–Crippen MR) is 95.7 cm³/mol. The maximum Gasteiger partial charge on any atom is 0.322 e. The topological polar surface area (TPSA) is 105 Å². The van der Waals surface area contributed by atoms with Gasteiger partial charge in [-0.3, -0.25) is 24.6 Å². The fourth-order valence-corrected chi connectivity index (χ4v) is 3.80. The first-order valence-corrected chi connectivity index (χ1v) is 8.98. The Labute approximate surface area is 159 Å². The van der Waals surface area contributed by atoms with Crippen molar-refractivity contribution in [3.8, 4) is 10.8 Å². The summed E-state index contributed by atoms with van der Waals surface area (Å²) < 4.78 is 6.29. The van der Waals surface area contributed by atoms with Gasteiger partial charge in [-0.25, -0.2) is 0 Å². The molecule has 0 aliphatic carbocycles. The minimum atomic E-state index is -0.609. The standard InChI is InChI=1S/C16H9BrN4O4S/c17-11-6-5-10(26-11)13-19-20-16(25-13)18-12(22)7-21-14(23)8-3-1-2-4-9(8)15(21)24/h1-6H,7H2,(H,18,20,22). The van der Waals surface area contributed by atoms with Crippen molar-refractivity contribution in [3.05, 3.63) is 51.3 Å². The highest BCUT2D eigenvalue weighted by Gasteiger charge is 2.36. The average molecular weight is 433 g/mol. The number of carbonyl (C=O) groups excluding carboxylic acids is 3. The Bertz CT molecular complexity index is 1010. The molecular weight excluding hydrogens is 424 g/mol. The van der Waals surface area contributed by atoms with Crippen LogP contribution in [0.1, 0.15) is 20.7 Å². The van der Waals surface area contributed by atoms with Crippen LogP contribution >= 0.6 is 27.3 Å². The number of aromatic nitrogens is 2. The lowest BCUT2D eigenvalue weighted by Crippen LogP contribution is -2.37. The van der Waals surface area contributed by atoms with E-state index in [1.165, 1.54) is 11.3 Å². The molecule has 8 nitrogen and oxygen atoms in total. The maximum atomic E-state index is 12.3. The van der Waals surface area contributed by atoms with E-state index in [0.717, 1.165) is 13.6 Å². The Morgan fingerprint density at radius 1 is 1.12 bits per heavy atom. The molecule has 0 spiro atoms. The first-order chi connectivity index (χ1) is 12.5. The van der Waals surface area contributed by atoms with E-state index in [4.69, 9.17) is 4.42 Å². The molecule has 1 N–H and O–H groups in total. The van der Waals surface area contributed by atoms with Gasteiger partial charge in [-0.1, -0.05) is 17.2 Å². The van der Waals surface area contributed by atoms with Crippen molar-refractivity contribution in [1.82, 2.24) is 15.1 Å².